The Kier molecular flexibility index (Phi) is 6.62. The topological polar surface area (TPSA) is 49.9 Å². The lowest BCUT2D eigenvalue weighted by molar-refractivity contribution is 0.0533. The molecule has 0 spiro atoms. The summed E-state index contributed by atoms with van der Waals surface area (Å²) in [5, 5.41) is 0.409. The average molecular weight is 399 g/mol. The molecule has 2 aromatic rings. The van der Waals surface area contributed by atoms with Gasteiger partial charge in [-0.1, -0.05) is 32.0 Å². The third kappa shape index (κ3) is 4.68. The molecule has 2 aromatic carbocycles. The molecule has 1 aliphatic heterocycles. The number of rotatable bonds is 5. The van der Waals surface area contributed by atoms with Gasteiger partial charge < -0.3 is 14.5 Å². The van der Waals surface area contributed by atoms with Crippen LogP contribution in [0.25, 0.3) is 0 Å². The van der Waals surface area contributed by atoms with Crippen LogP contribution < -0.4 is 4.74 Å². The zero-order valence-corrected chi connectivity index (χ0v) is 17.4. The monoisotopic (exact) mass is 398 g/mol. The molecule has 0 unspecified atom stereocenters. The molecule has 0 saturated carbocycles. The maximum atomic E-state index is 13.0. The average Bonchev–Trinajstić information content (AvgIpc) is 2.73. The van der Waals surface area contributed by atoms with E-state index in [-0.39, 0.29) is 11.8 Å². The molecule has 1 aliphatic rings. The Morgan fingerprint density at radius 3 is 2.21 bits per heavy atom. The van der Waals surface area contributed by atoms with Crippen LogP contribution in [0.1, 0.15) is 34.6 Å². The van der Waals surface area contributed by atoms with Crippen molar-refractivity contribution in [1.29, 1.82) is 0 Å². The summed E-state index contributed by atoms with van der Waals surface area (Å²) < 4.78 is 5.20. The summed E-state index contributed by atoms with van der Waals surface area (Å²) in [5.41, 5.74) is 1.35. The van der Waals surface area contributed by atoms with E-state index >= 15 is 0 Å². The number of benzene rings is 2. The third-order valence-electron chi connectivity index (χ3n) is 4.65. The smallest absolute Gasteiger partial charge is 0.255 e. The molecule has 28 heavy (non-hydrogen) atoms. The zero-order valence-electron chi connectivity index (χ0n) is 16.6. The fourth-order valence-corrected chi connectivity index (χ4v) is 4.17. The first-order valence-corrected chi connectivity index (χ1v) is 10.4. The molecule has 1 saturated heterocycles. The number of hydrogen-bond acceptors (Lipinski definition) is 4. The number of thioether (sulfide) groups is 1. The molecule has 1 heterocycles. The van der Waals surface area contributed by atoms with Gasteiger partial charge in [-0.2, -0.15) is 0 Å². The molecule has 1 fully saturated rings. The second kappa shape index (κ2) is 9.15. The van der Waals surface area contributed by atoms with Crippen molar-refractivity contribution >= 4 is 23.6 Å². The van der Waals surface area contributed by atoms with Gasteiger partial charge in [-0.15, -0.1) is 11.8 Å². The van der Waals surface area contributed by atoms with Gasteiger partial charge in [0.05, 0.1) is 12.7 Å². The number of nitrogens with zero attached hydrogens (tertiary/aromatic N) is 2. The van der Waals surface area contributed by atoms with Gasteiger partial charge in [0.25, 0.3) is 11.8 Å². The standard InChI is InChI=1S/C22H26N2O3S/c1-16(2)28-20-10-5-4-9-19(20)22(26)24-13-11-23(12-14-24)21(25)17-7-6-8-18(15-17)27-3/h4-10,15-16H,11-14H2,1-3H3. The van der Waals surface area contributed by atoms with Gasteiger partial charge >= 0.3 is 0 Å². The Morgan fingerprint density at radius 2 is 1.57 bits per heavy atom. The van der Waals surface area contributed by atoms with Crippen LogP contribution in [0.2, 0.25) is 0 Å². The van der Waals surface area contributed by atoms with E-state index in [2.05, 4.69) is 13.8 Å². The highest BCUT2D eigenvalue weighted by Gasteiger charge is 2.26. The van der Waals surface area contributed by atoms with Crippen molar-refractivity contribution in [2.45, 2.75) is 24.0 Å². The van der Waals surface area contributed by atoms with Crippen LogP contribution in [0.5, 0.6) is 5.75 Å². The van der Waals surface area contributed by atoms with Crippen molar-refractivity contribution in [1.82, 2.24) is 9.80 Å². The summed E-state index contributed by atoms with van der Waals surface area (Å²) in [6.07, 6.45) is 0. The maximum absolute atomic E-state index is 13.0. The minimum absolute atomic E-state index is 0.0261. The summed E-state index contributed by atoms with van der Waals surface area (Å²) in [6.45, 7) is 6.37. The van der Waals surface area contributed by atoms with Crippen molar-refractivity contribution in [3.05, 3.63) is 59.7 Å². The van der Waals surface area contributed by atoms with Crippen molar-refractivity contribution < 1.29 is 14.3 Å². The number of carbonyl (C=O) groups is 2. The third-order valence-corrected chi connectivity index (χ3v) is 5.73. The highest BCUT2D eigenvalue weighted by atomic mass is 32.2. The summed E-state index contributed by atoms with van der Waals surface area (Å²) in [4.78, 5) is 30.4. The van der Waals surface area contributed by atoms with Crippen LogP contribution in [0, 0.1) is 0 Å². The quantitative estimate of drug-likeness (QED) is 0.719. The molecule has 0 aromatic heterocycles. The van der Waals surface area contributed by atoms with Crippen LogP contribution in [-0.4, -0.2) is 60.2 Å². The first-order chi connectivity index (χ1) is 13.5. The second-order valence-electron chi connectivity index (χ2n) is 6.98. The second-order valence-corrected chi connectivity index (χ2v) is 8.60. The molecular weight excluding hydrogens is 372 g/mol. The predicted molar refractivity (Wildman–Crippen MR) is 112 cm³/mol. The van der Waals surface area contributed by atoms with Gasteiger partial charge in [-0.3, -0.25) is 9.59 Å². The van der Waals surface area contributed by atoms with Gasteiger partial charge in [0.2, 0.25) is 0 Å². The molecule has 0 N–H and O–H groups in total. The SMILES string of the molecule is COc1cccc(C(=O)N2CCN(C(=O)c3ccccc3SC(C)C)CC2)c1. The molecule has 6 heteroatoms. The Labute approximate surface area is 170 Å². The fourth-order valence-electron chi connectivity index (χ4n) is 3.22. The van der Waals surface area contributed by atoms with E-state index in [0.29, 0.717) is 42.7 Å². The Morgan fingerprint density at radius 1 is 0.929 bits per heavy atom. The van der Waals surface area contributed by atoms with E-state index in [0.717, 1.165) is 10.5 Å². The van der Waals surface area contributed by atoms with Gasteiger partial charge in [0, 0.05) is 41.9 Å². The van der Waals surface area contributed by atoms with E-state index in [4.69, 9.17) is 4.74 Å². The van der Waals surface area contributed by atoms with Crippen LogP contribution in [-0.2, 0) is 0 Å². The minimum Gasteiger partial charge on any atom is -0.497 e. The lowest BCUT2D eigenvalue weighted by Gasteiger charge is -2.35. The highest BCUT2D eigenvalue weighted by molar-refractivity contribution is 8.00. The molecule has 0 bridgehead atoms. The molecule has 5 nitrogen and oxygen atoms in total. The molecular formula is C22H26N2O3S. The largest absolute Gasteiger partial charge is 0.497 e. The van der Waals surface area contributed by atoms with Crippen molar-refractivity contribution in [2.24, 2.45) is 0 Å². The summed E-state index contributed by atoms with van der Waals surface area (Å²) in [5.74, 6) is 0.679. The number of piperazine rings is 1. The normalized spacial score (nSPS) is 14.3. The lowest BCUT2D eigenvalue weighted by atomic mass is 10.1. The number of ether oxygens (including phenoxy) is 1. The molecule has 148 valence electrons. The zero-order chi connectivity index (χ0) is 20.1. The summed E-state index contributed by atoms with van der Waals surface area (Å²) in [7, 11) is 1.59. The van der Waals surface area contributed by atoms with Crippen molar-refractivity contribution in [3.63, 3.8) is 0 Å². The first-order valence-electron chi connectivity index (χ1n) is 9.48. The van der Waals surface area contributed by atoms with Gasteiger partial charge in [-0.25, -0.2) is 0 Å². The van der Waals surface area contributed by atoms with Gasteiger partial charge in [0.15, 0.2) is 0 Å². The molecule has 3 rings (SSSR count). The first kappa shape index (κ1) is 20.3. The maximum Gasteiger partial charge on any atom is 0.255 e. The van der Waals surface area contributed by atoms with E-state index in [1.807, 2.05) is 41.3 Å². The van der Waals surface area contributed by atoms with Crippen LogP contribution in [0.4, 0.5) is 0 Å². The van der Waals surface area contributed by atoms with Crippen molar-refractivity contribution in [2.75, 3.05) is 33.3 Å². The lowest BCUT2D eigenvalue weighted by Crippen LogP contribution is -2.50. The van der Waals surface area contributed by atoms with E-state index < -0.39 is 0 Å². The summed E-state index contributed by atoms with van der Waals surface area (Å²) >= 11 is 1.70. The van der Waals surface area contributed by atoms with E-state index in [1.165, 1.54) is 0 Å². The predicted octanol–water partition coefficient (Wildman–Crippen LogP) is 3.79. The number of carbonyl (C=O) groups excluding carboxylic acids is 2. The van der Waals surface area contributed by atoms with Crippen LogP contribution in [0.3, 0.4) is 0 Å². The van der Waals surface area contributed by atoms with E-state index in [9.17, 15) is 9.59 Å². The molecule has 2 amide bonds. The molecule has 0 atom stereocenters. The number of hydrogen-bond donors (Lipinski definition) is 0. The molecule has 0 aliphatic carbocycles. The van der Waals surface area contributed by atoms with Gasteiger partial charge in [0.1, 0.15) is 5.75 Å². The van der Waals surface area contributed by atoms with Gasteiger partial charge in [-0.05, 0) is 30.3 Å². The van der Waals surface area contributed by atoms with Crippen LogP contribution >= 0.6 is 11.8 Å². The van der Waals surface area contributed by atoms with E-state index in [1.54, 1.807) is 35.9 Å². The van der Waals surface area contributed by atoms with Crippen molar-refractivity contribution in [3.8, 4) is 5.75 Å². The Hall–Kier alpha value is -2.47. The fraction of sp³-hybridized carbons (Fsp3) is 0.364. The number of methoxy groups -OCH3 is 1. The molecule has 0 radical (unpaired) electrons. The Balaban J connectivity index is 1.65. The van der Waals surface area contributed by atoms with Crippen LogP contribution in [0.15, 0.2) is 53.4 Å². The number of amides is 2. The summed E-state index contributed by atoms with van der Waals surface area (Å²) in [6, 6.07) is 14.9. The Bertz CT molecular complexity index is 845. The highest BCUT2D eigenvalue weighted by Crippen LogP contribution is 2.27. The minimum atomic E-state index is -0.0261.